The van der Waals surface area contributed by atoms with E-state index in [0.29, 0.717) is 31.2 Å². The van der Waals surface area contributed by atoms with Gasteiger partial charge in [-0.25, -0.2) is 14.4 Å². The first-order chi connectivity index (χ1) is 10.7. The molecular formula is C15H17FN4O2. The fourth-order valence-electron chi connectivity index (χ4n) is 1.69. The van der Waals surface area contributed by atoms with Crippen molar-refractivity contribution in [2.45, 2.75) is 6.54 Å². The zero-order valence-electron chi connectivity index (χ0n) is 12.2. The molecule has 0 fully saturated rings. The summed E-state index contributed by atoms with van der Waals surface area (Å²) >= 11 is 0. The third kappa shape index (κ3) is 4.78. The zero-order valence-corrected chi connectivity index (χ0v) is 12.2. The van der Waals surface area contributed by atoms with Crippen molar-refractivity contribution in [3.8, 4) is 0 Å². The molecule has 7 heteroatoms. The number of nitrogens with zero attached hydrogens (tertiary/aromatic N) is 2. The lowest BCUT2D eigenvalue weighted by Crippen LogP contribution is -2.27. The lowest BCUT2D eigenvalue weighted by Gasteiger charge is -2.06. The molecule has 116 valence electrons. The summed E-state index contributed by atoms with van der Waals surface area (Å²) in [5.74, 6) is -0.122. The molecule has 1 amide bonds. The fourth-order valence-corrected chi connectivity index (χ4v) is 1.69. The summed E-state index contributed by atoms with van der Waals surface area (Å²) in [5, 5.41) is 5.69. The minimum atomic E-state index is -0.274. The van der Waals surface area contributed by atoms with Crippen LogP contribution in [-0.4, -0.2) is 36.1 Å². The van der Waals surface area contributed by atoms with Crippen molar-refractivity contribution in [2.75, 3.05) is 25.6 Å². The second-order valence-corrected chi connectivity index (χ2v) is 4.52. The Kier molecular flexibility index (Phi) is 5.79. The van der Waals surface area contributed by atoms with E-state index in [2.05, 4.69) is 20.6 Å². The maximum absolute atomic E-state index is 12.8. The number of carbonyl (C=O) groups is 1. The van der Waals surface area contributed by atoms with Crippen LogP contribution < -0.4 is 10.6 Å². The van der Waals surface area contributed by atoms with Crippen molar-refractivity contribution in [3.63, 3.8) is 0 Å². The number of benzene rings is 1. The Morgan fingerprint density at radius 3 is 2.55 bits per heavy atom. The summed E-state index contributed by atoms with van der Waals surface area (Å²) < 4.78 is 17.6. The fraction of sp³-hybridized carbons (Fsp3) is 0.267. The molecule has 0 atom stereocenters. The summed E-state index contributed by atoms with van der Waals surface area (Å²) in [4.78, 5) is 19.9. The standard InChI is InChI=1S/C15H17FN4O2/c1-22-7-6-17-14(21)12-9-19-15(20-10-12)18-8-11-2-4-13(16)5-3-11/h2-5,9-10H,6-8H2,1H3,(H,17,21)(H,18,19,20). The van der Waals surface area contributed by atoms with Crippen LogP contribution in [0.1, 0.15) is 15.9 Å². The largest absolute Gasteiger partial charge is 0.383 e. The van der Waals surface area contributed by atoms with Crippen LogP contribution in [0.15, 0.2) is 36.7 Å². The van der Waals surface area contributed by atoms with Gasteiger partial charge in [0.05, 0.1) is 12.2 Å². The van der Waals surface area contributed by atoms with Crippen LogP contribution >= 0.6 is 0 Å². The van der Waals surface area contributed by atoms with Gasteiger partial charge in [-0.15, -0.1) is 0 Å². The quantitative estimate of drug-likeness (QED) is 0.760. The zero-order chi connectivity index (χ0) is 15.8. The molecule has 0 spiro atoms. The highest BCUT2D eigenvalue weighted by molar-refractivity contribution is 5.93. The minimum absolute atomic E-state index is 0.248. The van der Waals surface area contributed by atoms with E-state index in [9.17, 15) is 9.18 Å². The molecule has 1 heterocycles. The first-order valence-corrected chi connectivity index (χ1v) is 6.76. The van der Waals surface area contributed by atoms with Crippen LogP contribution in [0.25, 0.3) is 0 Å². The summed E-state index contributed by atoms with van der Waals surface area (Å²) in [7, 11) is 1.57. The number of hydrogen-bond donors (Lipinski definition) is 2. The second kappa shape index (κ2) is 8.04. The molecule has 1 aromatic heterocycles. The van der Waals surface area contributed by atoms with Crippen LogP contribution in [0, 0.1) is 5.82 Å². The van der Waals surface area contributed by atoms with Crippen LogP contribution in [-0.2, 0) is 11.3 Å². The van der Waals surface area contributed by atoms with Crippen molar-refractivity contribution in [2.24, 2.45) is 0 Å². The Morgan fingerprint density at radius 1 is 1.23 bits per heavy atom. The summed E-state index contributed by atoms with van der Waals surface area (Å²) in [6, 6.07) is 6.15. The first-order valence-electron chi connectivity index (χ1n) is 6.76. The minimum Gasteiger partial charge on any atom is -0.383 e. The van der Waals surface area contributed by atoms with Gasteiger partial charge in [0.25, 0.3) is 5.91 Å². The van der Waals surface area contributed by atoms with E-state index >= 15 is 0 Å². The summed E-state index contributed by atoms with van der Waals surface area (Å²) in [6.45, 7) is 1.35. The molecule has 2 aromatic rings. The lowest BCUT2D eigenvalue weighted by molar-refractivity contribution is 0.0936. The lowest BCUT2D eigenvalue weighted by atomic mass is 10.2. The van der Waals surface area contributed by atoms with Crippen LogP contribution in [0.5, 0.6) is 0 Å². The molecule has 0 radical (unpaired) electrons. The Hall–Kier alpha value is -2.54. The molecule has 0 bridgehead atoms. The van der Waals surface area contributed by atoms with Crippen LogP contribution in [0.4, 0.5) is 10.3 Å². The average Bonchev–Trinajstić information content (AvgIpc) is 2.55. The van der Waals surface area contributed by atoms with E-state index in [1.165, 1.54) is 24.5 Å². The first kappa shape index (κ1) is 15.8. The molecule has 0 saturated carbocycles. The van der Waals surface area contributed by atoms with Gasteiger partial charge in [0.15, 0.2) is 0 Å². The number of halogens is 1. The molecular weight excluding hydrogens is 287 g/mol. The summed E-state index contributed by atoms with van der Waals surface area (Å²) in [6.07, 6.45) is 2.89. The smallest absolute Gasteiger partial charge is 0.254 e. The summed E-state index contributed by atoms with van der Waals surface area (Å²) in [5.41, 5.74) is 1.29. The number of ether oxygens (including phenoxy) is 1. The molecule has 0 aliphatic carbocycles. The number of nitrogens with one attached hydrogen (secondary N) is 2. The number of anilines is 1. The van der Waals surface area contributed by atoms with Gasteiger partial charge in [0, 0.05) is 32.6 Å². The molecule has 0 aliphatic rings. The van der Waals surface area contributed by atoms with Crippen molar-refractivity contribution in [1.29, 1.82) is 0 Å². The number of carbonyl (C=O) groups excluding carboxylic acids is 1. The van der Waals surface area contributed by atoms with Crippen molar-refractivity contribution in [3.05, 3.63) is 53.6 Å². The van der Waals surface area contributed by atoms with E-state index in [1.54, 1.807) is 19.2 Å². The highest BCUT2D eigenvalue weighted by Crippen LogP contribution is 2.06. The van der Waals surface area contributed by atoms with Gasteiger partial charge in [-0.2, -0.15) is 0 Å². The SMILES string of the molecule is COCCNC(=O)c1cnc(NCc2ccc(F)cc2)nc1. The van der Waals surface area contributed by atoms with Gasteiger partial charge < -0.3 is 15.4 Å². The van der Waals surface area contributed by atoms with Crippen molar-refractivity contribution < 1.29 is 13.9 Å². The van der Waals surface area contributed by atoms with Gasteiger partial charge >= 0.3 is 0 Å². The van der Waals surface area contributed by atoms with Crippen molar-refractivity contribution >= 4 is 11.9 Å². The molecule has 0 aliphatic heterocycles. The molecule has 22 heavy (non-hydrogen) atoms. The predicted molar refractivity (Wildman–Crippen MR) is 80.0 cm³/mol. The second-order valence-electron chi connectivity index (χ2n) is 4.52. The molecule has 0 unspecified atom stereocenters. The van der Waals surface area contributed by atoms with Crippen LogP contribution in [0.2, 0.25) is 0 Å². The molecule has 0 saturated heterocycles. The van der Waals surface area contributed by atoms with E-state index in [-0.39, 0.29) is 11.7 Å². The monoisotopic (exact) mass is 304 g/mol. The van der Waals surface area contributed by atoms with Gasteiger partial charge in [0.1, 0.15) is 5.82 Å². The third-order valence-electron chi connectivity index (χ3n) is 2.87. The normalized spacial score (nSPS) is 10.3. The molecule has 6 nitrogen and oxygen atoms in total. The van der Waals surface area contributed by atoms with Gasteiger partial charge in [0.2, 0.25) is 5.95 Å². The number of rotatable bonds is 7. The molecule has 2 N–H and O–H groups in total. The molecule has 1 aromatic carbocycles. The van der Waals surface area contributed by atoms with E-state index in [4.69, 9.17) is 4.74 Å². The van der Waals surface area contributed by atoms with E-state index < -0.39 is 0 Å². The average molecular weight is 304 g/mol. The van der Waals surface area contributed by atoms with Gasteiger partial charge in [-0.1, -0.05) is 12.1 Å². The highest BCUT2D eigenvalue weighted by Gasteiger charge is 2.06. The van der Waals surface area contributed by atoms with E-state index in [0.717, 1.165) is 5.56 Å². The van der Waals surface area contributed by atoms with Crippen molar-refractivity contribution in [1.82, 2.24) is 15.3 Å². The van der Waals surface area contributed by atoms with Crippen LogP contribution in [0.3, 0.4) is 0 Å². The topological polar surface area (TPSA) is 76.1 Å². The number of aromatic nitrogens is 2. The predicted octanol–water partition coefficient (Wildman–Crippen LogP) is 1.60. The molecule has 2 rings (SSSR count). The Bertz CT molecular complexity index is 602. The third-order valence-corrected chi connectivity index (χ3v) is 2.87. The van der Waals surface area contributed by atoms with Gasteiger partial charge in [-0.05, 0) is 17.7 Å². The van der Waals surface area contributed by atoms with E-state index in [1.807, 2.05) is 0 Å². The maximum Gasteiger partial charge on any atom is 0.254 e. The number of hydrogen-bond acceptors (Lipinski definition) is 5. The number of methoxy groups -OCH3 is 1. The van der Waals surface area contributed by atoms with Gasteiger partial charge in [-0.3, -0.25) is 4.79 Å². The highest BCUT2D eigenvalue weighted by atomic mass is 19.1. The Morgan fingerprint density at radius 2 is 1.91 bits per heavy atom. The Labute approximate surface area is 127 Å². The number of amides is 1. The Balaban J connectivity index is 1.86. The maximum atomic E-state index is 12.8.